The number of benzene rings is 1. The van der Waals surface area contributed by atoms with Crippen LogP contribution in [0.25, 0.3) is 10.4 Å². The van der Waals surface area contributed by atoms with Crippen LogP contribution in [0, 0.1) is 0 Å². The van der Waals surface area contributed by atoms with Crippen molar-refractivity contribution in [3.8, 4) is 0 Å². The van der Waals surface area contributed by atoms with Crippen LogP contribution in [-0.2, 0) is 42.4 Å². The van der Waals surface area contributed by atoms with E-state index in [2.05, 4.69) is 48.9 Å². The quantitative estimate of drug-likeness (QED) is 0.0531. The third-order valence-corrected chi connectivity index (χ3v) is 13.0. The van der Waals surface area contributed by atoms with Crippen molar-refractivity contribution < 1.29 is 55.5 Å². The Balaban J connectivity index is 1.99. The summed E-state index contributed by atoms with van der Waals surface area (Å²) in [5.74, 6) is -2.55. The molecule has 0 radical (unpaired) electrons. The van der Waals surface area contributed by atoms with Gasteiger partial charge < -0.3 is 37.6 Å². The fourth-order valence-electron chi connectivity index (χ4n) is 5.13. The lowest BCUT2D eigenvalue weighted by molar-refractivity contribution is -0.336. The molecular formula is C30H45F3N4O9Si. The number of hydrogen-bond donors (Lipinski definition) is 0. The topological polar surface area (TPSA) is 152 Å². The number of carbonyl (C=O) groups excluding carboxylic acids is 1. The maximum Gasteiger partial charge on any atom is 0.468 e. The lowest BCUT2D eigenvalue weighted by atomic mass is 9.96. The monoisotopic (exact) mass is 690 g/mol. The zero-order valence-corrected chi connectivity index (χ0v) is 29.3. The number of hydrogen-bond acceptors (Lipinski definition) is 11. The van der Waals surface area contributed by atoms with Crippen LogP contribution in [0.3, 0.4) is 0 Å². The SMILES string of the molecule is COC1C(O[Si](C)(C)C(C)(C)C)[C@H](OC)C(C)O[C@H]1O[C@@H]1C(C)O[C@@H](OC(=Nc2ccccc2)C(F)(F)F)C(OC(C)=O)C1N=[N+]=[N-]. The molecule has 2 aliphatic heterocycles. The van der Waals surface area contributed by atoms with Gasteiger partial charge in [0, 0.05) is 26.1 Å². The molecule has 47 heavy (non-hydrogen) atoms. The van der Waals surface area contributed by atoms with Crippen molar-refractivity contribution in [3.63, 3.8) is 0 Å². The first-order valence-electron chi connectivity index (χ1n) is 15.1. The van der Waals surface area contributed by atoms with Crippen LogP contribution < -0.4 is 0 Å². The summed E-state index contributed by atoms with van der Waals surface area (Å²) >= 11 is 0. The van der Waals surface area contributed by atoms with E-state index >= 15 is 0 Å². The second-order valence-corrected chi connectivity index (χ2v) is 17.7. The smallest absolute Gasteiger partial charge is 0.455 e. The summed E-state index contributed by atoms with van der Waals surface area (Å²) in [7, 11) is 0.595. The molecule has 1 aromatic carbocycles. The summed E-state index contributed by atoms with van der Waals surface area (Å²) < 4.78 is 89.8. The van der Waals surface area contributed by atoms with Crippen molar-refractivity contribution in [2.45, 2.75) is 127 Å². The fraction of sp³-hybridized carbons (Fsp3) is 0.733. The van der Waals surface area contributed by atoms with Gasteiger partial charge in [-0.1, -0.05) is 44.1 Å². The highest BCUT2D eigenvalue weighted by atomic mass is 28.4. The van der Waals surface area contributed by atoms with Gasteiger partial charge in [0.05, 0.1) is 24.0 Å². The van der Waals surface area contributed by atoms with Gasteiger partial charge in [-0.05, 0) is 49.6 Å². The van der Waals surface area contributed by atoms with E-state index in [1.807, 2.05) is 0 Å². The highest BCUT2D eigenvalue weighted by molar-refractivity contribution is 6.74. The molecule has 0 N–H and O–H groups in total. The summed E-state index contributed by atoms with van der Waals surface area (Å²) in [4.78, 5) is 18.7. The number of ether oxygens (including phenoxy) is 7. The van der Waals surface area contributed by atoms with Gasteiger partial charge in [-0.3, -0.25) is 4.79 Å². The van der Waals surface area contributed by atoms with Crippen LogP contribution >= 0.6 is 0 Å². The number of aliphatic imine (C=N–C) groups is 1. The van der Waals surface area contributed by atoms with Crippen molar-refractivity contribution in [3.05, 3.63) is 40.8 Å². The molecule has 2 aliphatic rings. The molecule has 264 valence electrons. The van der Waals surface area contributed by atoms with E-state index in [9.17, 15) is 23.5 Å². The first-order valence-corrected chi connectivity index (χ1v) is 18.0. The Labute approximate surface area is 273 Å². The number of alkyl halides is 3. The van der Waals surface area contributed by atoms with Gasteiger partial charge in [0.2, 0.25) is 6.29 Å². The third-order valence-electron chi connectivity index (χ3n) is 8.50. The minimum Gasteiger partial charge on any atom is -0.455 e. The molecule has 10 atom stereocenters. The lowest BCUT2D eigenvalue weighted by Crippen LogP contribution is -2.65. The highest BCUT2D eigenvalue weighted by Crippen LogP contribution is 2.41. The van der Waals surface area contributed by atoms with Crippen molar-refractivity contribution in [1.29, 1.82) is 0 Å². The summed E-state index contributed by atoms with van der Waals surface area (Å²) in [5, 5.41) is 3.62. The molecule has 13 nitrogen and oxygen atoms in total. The fourth-order valence-corrected chi connectivity index (χ4v) is 6.44. The molecule has 2 fully saturated rings. The van der Waals surface area contributed by atoms with E-state index in [-0.39, 0.29) is 10.7 Å². The number of azide groups is 1. The molecule has 0 bridgehead atoms. The van der Waals surface area contributed by atoms with Crippen molar-refractivity contribution >= 4 is 25.9 Å². The van der Waals surface area contributed by atoms with E-state index in [0.29, 0.717) is 0 Å². The molecule has 3 rings (SSSR count). The third kappa shape index (κ3) is 9.44. The Hall–Kier alpha value is -2.76. The minimum absolute atomic E-state index is 0.0430. The van der Waals surface area contributed by atoms with E-state index in [0.717, 1.165) is 6.92 Å². The highest BCUT2D eigenvalue weighted by Gasteiger charge is 2.55. The average molecular weight is 691 g/mol. The number of rotatable bonds is 10. The second kappa shape index (κ2) is 15.6. The van der Waals surface area contributed by atoms with Crippen LogP contribution in [0.5, 0.6) is 0 Å². The van der Waals surface area contributed by atoms with Gasteiger partial charge in [0.1, 0.15) is 24.4 Å². The molecule has 17 heteroatoms. The minimum atomic E-state index is -5.06. The van der Waals surface area contributed by atoms with E-state index in [4.69, 9.17) is 37.6 Å². The molecule has 2 heterocycles. The van der Waals surface area contributed by atoms with Gasteiger partial charge in [0.15, 0.2) is 20.7 Å². The van der Waals surface area contributed by atoms with Crippen LogP contribution in [0.1, 0.15) is 41.5 Å². The van der Waals surface area contributed by atoms with Gasteiger partial charge in [-0.2, -0.15) is 13.2 Å². The van der Waals surface area contributed by atoms with Crippen LogP contribution in [0.15, 0.2) is 40.4 Å². The Morgan fingerprint density at radius 3 is 1.98 bits per heavy atom. The van der Waals surface area contributed by atoms with Gasteiger partial charge in [-0.15, -0.1) is 0 Å². The number of methoxy groups -OCH3 is 2. The first kappa shape index (κ1) is 38.7. The molecule has 0 amide bonds. The Morgan fingerprint density at radius 1 is 0.894 bits per heavy atom. The van der Waals surface area contributed by atoms with Crippen molar-refractivity contribution in [1.82, 2.24) is 0 Å². The Morgan fingerprint density at radius 2 is 1.47 bits per heavy atom. The van der Waals surface area contributed by atoms with Gasteiger partial charge >= 0.3 is 12.1 Å². The molecule has 6 unspecified atom stereocenters. The first-order chi connectivity index (χ1) is 21.8. The number of halogens is 3. The standard InChI is InChI=1S/C30H45F3N4O9Si/c1-16-21(44-27-25(40-8)24(22(39-7)17(2)42-27)46-47(9,10)29(4,5)6)20(36-37-34)23(43-18(3)38)26(41-16)45-28(30(31,32)33)35-19-14-12-11-13-15-19/h11-17,20-27H,1-10H3/t16?,17?,20?,21-,22-,23?,24?,25?,26+,27+/m1/s1. The molecule has 0 aromatic heterocycles. The van der Waals surface area contributed by atoms with Gasteiger partial charge in [0.25, 0.3) is 5.90 Å². The average Bonchev–Trinajstić information content (AvgIpc) is 2.95. The van der Waals surface area contributed by atoms with Crippen molar-refractivity contribution in [2.75, 3.05) is 14.2 Å². The Bertz CT molecular complexity index is 1280. The molecule has 0 aliphatic carbocycles. The van der Waals surface area contributed by atoms with Crippen LogP contribution in [-0.4, -0.2) is 102 Å². The number of carbonyl (C=O) groups is 1. The summed E-state index contributed by atoms with van der Waals surface area (Å²) in [6, 6.07) is 5.89. The zero-order chi connectivity index (χ0) is 35.3. The summed E-state index contributed by atoms with van der Waals surface area (Å²) in [6.45, 7) is 14.7. The maximum atomic E-state index is 14.1. The number of esters is 1. The molecular weight excluding hydrogens is 645 g/mol. The molecule has 0 spiro atoms. The normalized spacial score (nSPS) is 32.3. The molecule has 2 saturated heterocycles. The van der Waals surface area contributed by atoms with Crippen molar-refractivity contribution in [2.24, 2.45) is 10.1 Å². The predicted molar refractivity (Wildman–Crippen MR) is 166 cm³/mol. The van der Waals surface area contributed by atoms with E-state index in [1.165, 1.54) is 45.4 Å². The van der Waals surface area contributed by atoms with E-state index in [1.54, 1.807) is 13.0 Å². The number of para-hydroxylation sites is 1. The molecule has 1 aromatic rings. The lowest BCUT2D eigenvalue weighted by Gasteiger charge is -2.50. The number of nitrogens with zero attached hydrogens (tertiary/aromatic N) is 4. The summed E-state index contributed by atoms with van der Waals surface area (Å²) in [5.41, 5.74) is 9.47. The van der Waals surface area contributed by atoms with E-state index < -0.39 is 87.7 Å². The predicted octanol–water partition coefficient (Wildman–Crippen LogP) is 6.20. The molecule has 0 saturated carbocycles. The maximum absolute atomic E-state index is 14.1. The Kier molecular flexibility index (Phi) is 12.9. The second-order valence-electron chi connectivity index (χ2n) is 12.9. The zero-order valence-electron chi connectivity index (χ0n) is 28.3. The van der Waals surface area contributed by atoms with Gasteiger partial charge in [-0.25, -0.2) is 4.99 Å². The summed E-state index contributed by atoms with van der Waals surface area (Å²) in [6.07, 6.45) is -14.7. The largest absolute Gasteiger partial charge is 0.468 e. The van der Waals surface area contributed by atoms with Crippen LogP contribution in [0.2, 0.25) is 18.1 Å². The van der Waals surface area contributed by atoms with Crippen LogP contribution in [0.4, 0.5) is 18.9 Å².